The van der Waals surface area contributed by atoms with Crippen molar-refractivity contribution in [2.75, 3.05) is 19.8 Å². The largest absolute Gasteiger partial charge is 0.394 e. The maximum Gasteiger partial charge on any atom is 0.0699 e. The van der Waals surface area contributed by atoms with Crippen molar-refractivity contribution in [1.29, 1.82) is 0 Å². The van der Waals surface area contributed by atoms with E-state index in [9.17, 15) is 5.11 Å². The summed E-state index contributed by atoms with van der Waals surface area (Å²) >= 11 is 0. The van der Waals surface area contributed by atoms with Gasteiger partial charge < -0.3 is 15.2 Å². The Kier molecular flexibility index (Phi) is 4.75. The van der Waals surface area contributed by atoms with E-state index in [0.717, 1.165) is 25.1 Å². The molecular formula is C15H23NO2. The van der Waals surface area contributed by atoms with E-state index < -0.39 is 0 Å². The summed E-state index contributed by atoms with van der Waals surface area (Å²) in [5.74, 6) is 0. The highest BCUT2D eigenvalue weighted by Gasteiger charge is 2.26. The summed E-state index contributed by atoms with van der Waals surface area (Å²) in [6, 6.07) is 10.1. The van der Waals surface area contributed by atoms with Crippen LogP contribution in [0.25, 0.3) is 0 Å². The molecule has 2 unspecified atom stereocenters. The lowest BCUT2D eigenvalue weighted by molar-refractivity contribution is 0.00947. The van der Waals surface area contributed by atoms with Crippen LogP contribution in [0.4, 0.5) is 0 Å². The molecule has 3 heteroatoms. The molecule has 1 aromatic rings. The van der Waals surface area contributed by atoms with Crippen LogP contribution in [0.2, 0.25) is 0 Å². The van der Waals surface area contributed by atoms with E-state index in [1.807, 2.05) is 37.3 Å². The lowest BCUT2D eigenvalue weighted by Crippen LogP contribution is -2.47. The summed E-state index contributed by atoms with van der Waals surface area (Å²) in [7, 11) is 0. The highest BCUT2D eigenvalue weighted by Crippen LogP contribution is 2.21. The van der Waals surface area contributed by atoms with Crippen LogP contribution in [0.1, 0.15) is 31.7 Å². The van der Waals surface area contributed by atoms with Gasteiger partial charge in [0, 0.05) is 13.2 Å². The molecule has 18 heavy (non-hydrogen) atoms. The number of benzene rings is 1. The molecule has 0 radical (unpaired) electrons. The summed E-state index contributed by atoms with van der Waals surface area (Å²) in [6.07, 6.45) is 3.82. The third kappa shape index (κ3) is 3.31. The molecule has 2 N–H and O–H groups in total. The lowest BCUT2D eigenvalue weighted by Gasteiger charge is -2.32. The molecule has 1 fully saturated rings. The van der Waals surface area contributed by atoms with E-state index >= 15 is 0 Å². The predicted molar refractivity (Wildman–Crippen MR) is 72.5 cm³/mol. The van der Waals surface area contributed by atoms with Crippen LogP contribution in [-0.2, 0) is 10.3 Å². The molecule has 1 aliphatic heterocycles. The zero-order valence-electron chi connectivity index (χ0n) is 11.1. The highest BCUT2D eigenvalue weighted by molar-refractivity contribution is 5.23. The van der Waals surface area contributed by atoms with Crippen LogP contribution in [0, 0.1) is 0 Å². The van der Waals surface area contributed by atoms with E-state index in [0.29, 0.717) is 0 Å². The second kappa shape index (κ2) is 6.32. The third-order valence-electron chi connectivity index (χ3n) is 3.72. The van der Waals surface area contributed by atoms with Crippen molar-refractivity contribution in [3.05, 3.63) is 35.9 Å². The van der Waals surface area contributed by atoms with Crippen molar-refractivity contribution >= 4 is 0 Å². The Hall–Kier alpha value is -0.900. The van der Waals surface area contributed by atoms with Crippen molar-refractivity contribution in [2.45, 2.75) is 37.8 Å². The molecule has 2 atom stereocenters. The number of rotatable bonds is 5. The lowest BCUT2D eigenvalue weighted by atomic mass is 9.92. The van der Waals surface area contributed by atoms with Gasteiger partial charge in [0.25, 0.3) is 0 Å². The summed E-state index contributed by atoms with van der Waals surface area (Å²) in [4.78, 5) is 0. The molecule has 0 amide bonds. The second-order valence-electron chi connectivity index (χ2n) is 5.23. The standard InChI is InChI=1S/C15H23NO2/c1-15(12-17,13-7-3-2-4-8-13)16-11-14-9-5-6-10-18-14/h2-4,7-8,14,16-17H,5-6,9-12H2,1H3. The zero-order valence-corrected chi connectivity index (χ0v) is 11.1. The first-order valence-electron chi connectivity index (χ1n) is 6.77. The third-order valence-corrected chi connectivity index (χ3v) is 3.72. The van der Waals surface area contributed by atoms with Crippen molar-refractivity contribution in [1.82, 2.24) is 5.32 Å². The van der Waals surface area contributed by atoms with Gasteiger partial charge >= 0.3 is 0 Å². The first-order valence-corrected chi connectivity index (χ1v) is 6.77. The average Bonchev–Trinajstić information content (AvgIpc) is 2.47. The number of nitrogens with one attached hydrogen (secondary N) is 1. The fourth-order valence-electron chi connectivity index (χ4n) is 2.36. The minimum absolute atomic E-state index is 0.0870. The molecule has 0 spiro atoms. The minimum Gasteiger partial charge on any atom is -0.394 e. The Morgan fingerprint density at radius 1 is 1.33 bits per heavy atom. The van der Waals surface area contributed by atoms with Gasteiger partial charge in [-0.05, 0) is 31.7 Å². The van der Waals surface area contributed by atoms with Crippen molar-refractivity contribution < 1.29 is 9.84 Å². The number of aliphatic hydroxyl groups excluding tert-OH is 1. The monoisotopic (exact) mass is 249 g/mol. The first kappa shape index (κ1) is 13.5. The maximum atomic E-state index is 9.66. The Morgan fingerprint density at radius 3 is 2.72 bits per heavy atom. The van der Waals surface area contributed by atoms with Crippen LogP contribution in [0.3, 0.4) is 0 Å². The highest BCUT2D eigenvalue weighted by atomic mass is 16.5. The first-order chi connectivity index (χ1) is 8.74. The molecule has 3 nitrogen and oxygen atoms in total. The van der Waals surface area contributed by atoms with Gasteiger partial charge in [0.15, 0.2) is 0 Å². The fraction of sp³-hybridized carbons (Fsp3) is 0.600. The maximum absolute atomic E-state index is 9.66. The van der Waals surface area contributed by atoms with Gasteiger partial charge in [-0.15, -0.1) is 0 Å². The van der Waals surface area contributed by atoms with Crippen molar-refractivity contribution in [3.8, 4) is 0 Å². The van der Waals surface area contributed by atoms with Crippen LogP contribution in [0.15, 0.2) is 30.3 Å². The van der Waals surface area contributed by atoms with Crippen LogP contribution < -0.4 is 5.32 Å². The Morgan fingerprint density at radius 2 is 2.11 bits per heavy atom. The van der Waals surface area contributed by atoms with Crippen molar-refractivity contribution in [2.24, 2.45) is 0 Å². The van der Waals surface area contributed by atoms with E-state index in [4.69, 9.17) is 4.74 Å². The van der Waals surface area contributed by atoms with Crippen LogP contribution in [-0.4, -0.2) is 31.0 Å². The molecule has 0 saturated carbocycles. The molecule has 100 valence electrons. The molecule has 1 heterocycles. The molecule has 1 aliphatic rings. The summed E-state index contributed by atoms with van der Waals surface area (Å²) in [5, 5.41) is 13.1. The topological polar surface area (TPSA) is 41.5 Å². The van der Waals surface area contributed by atoms with Crippen LogP contribution in [0.5, 0.6) is 0 Å². The van der Waals surface area contributed by atoms with Gasteiger partial charge in [0.1, 0.15) is 0 Å². The zero-order chi connectivity index (χ0) is 12.8. The van der Waals surface area contributed by atoms with Gasteiger partial charge in [-0.1, -0.05) is 30.3 Å². The van der Waals surface area contributed by atoms with Gasteiger partial charge in [-0.25, -0.2) is 0 Å². The Labute approximate surface area is 109 Å². The van der Waals surface area contributed by atoms with E-state index in [2.05, 4.69) is 5.32 Å². The number of hydrogen-bond acceptors (Lipinski definition) is 3. The van der Waals surface area contributed by atoms with E-state index in [-0.39, 0.29) is 18.2 Å². The Balaban J connectivity index is 1.95. The quantitative estimate of drug-likeness (QED) is 0.839. The molecule has 0 bridgehead atoms. The van der Waals surface area contributed by atoms with Gasteiger partial charge in [0.05, 0.1) is 18.2 Å². The Bertz CT molecular complexity index is 349. The number of hydrogen-bond donors (Lipinski definition) is 2. The van der Waals surface area contributed by atoms with Crippen LogP contribution >= 0.6 is 0 Å². The molecule has 0 aromatic heterocycles. The summed E-state index contributed by atoms with van der Waals surface area (Å²) < 4.78 is 5.71. The summed E-state index contributed by atoms with van der Waals surface area (Å²) in [6.45, 7) is 3.79. The van der Waals surface area contributed by atoms with Crippen molar-refractivity contribution in [3.63, 3.8) is 0 Å². The SMILES string of the molecule is CC(CO)(NCC1CCCCO1)c1ccccc1. The molecule has 1 saturated heterocycles. The molecule has 2 rings (SSSR count). The number of aliphatic hydroxyl groups is 1. The summed E-state index contributed by atoms with van der Waals surface area (Å²) in [5.41, 5.74) is 0.727. The molecule has 0 aliphatic carbocycles. The number of ether oxygens (including phenoxy) is 1. The second-order valence-corrected chi connectivity index (χ2v) is 5.23. The van der Waals surface area contributed by atoms with Gasteiger partial charge in [-0.2, -0.15) is 0 Å². The average molecular weight is 249 g/mol. The normalized spacial score (nSPS) is 23.6. The van der Waals surface area contributed by atoms with Gasteiger partial charge in [-0.3, -0.25) is 0 Å². The predicted octanol–water partition coefficient (Wildman–Crippen LogP) is 2.05. The van der Waals surface area contributed by atoms with E-state index in [1.165, 1.54) is 12.8 Å². The fourth-order valence-corrected chi connectivity index (χ4v) is 2.36. The minimum atomic E-state index is -0.387. The van der Waals surface area contributed by atoms with E-state index in [1.54, 1.807) is 0 Å². The molecule has 1 aromatic carbocycles. The molecular weight excluding hydrogens is 226 g/mol. The smallest absolute Gasteiger partial charge is 0.0699 e. The van der Waals surface area contributed by atoms with Gasteiger partial charge in [0.2, 0.25) is 0 Å².